The van der Waals surface area contributed by atoms with Crippen molar-refractivity contribution in [2.75, 3.05) is 0 Å². The fourth-order valence-electron chi connectivity index (χ4n) is 8.65. The number of aryl methyl sites for hydroxylation is 1. The Kier molecular flexibility index (Phi) is 11.4. The van der Waals surface area contributed by atoms with Gasteiger partial charge in [-0.05, 0) is 122 Å². The van der Waals surface area contributed by atoms with E-state index in [-0.39, 0.29) is 27.4 Å². The molecule has 0 amide bonds. The predicted octanol–water partition coefficient (Wildman–Crippen LogP) is 16.3. The van der Waals surface area contributed by atoms with E-state index in [0.29, 0.717) is 5.82 Å². The summed E-state index contributed by atoms with van der Waals surface area (Å²) in [6.07, 6.45) is 2.93. The Labute approximate surface area is 382 Å². The van der Waals surface area contributed by atoms with Gasteiger partial charge in [-0.25, -0.2) is 4.98 Å². The van der Waals surface area contributed by atoms with Crippen molar-refractivity contribution in [3.63, 3.8) is 0 Å². The molecule has 0 radical (unpaired) electrons. The van der Waals surface area contributed by atoms with Crippen LogP contribution in [0.2, 0.25) is 0 Å². The average Bonchev–Trinajstić information content (AvgIpc) is 3.65. The first kappa shape index (κ1) is 44.4. The van der Waals surface area contributed by atoms with Gasteiger partial charge in [-0.1, -0.05) is 174 Å². The van der Waals surface area contributed by atoms with Crippen LogP contribution >= 0.6 is 0 Å². The minimum Gasteiger partial charge on any atom is -0.507 e. The quantitative estimate of drug-likeness (QED) is 0.166. The lowest BCUT2D eigenvalue weighted by atomic mass is 9.78. The minimum atomic E-state index is -0.320. The Bertz CT molecular complexity index is 3000. The lowest BCUT2D eigenvalue weighted by Gasteiger charge is -2.28. The van der Waals surface area contributed by atoms with Crippen LogP contribution in [-0.2, 0) is 21.7 Å². The molecule has 326 valence electrons. The van der Waals surface area contributed by atoms with Gasteiger partial charge in [0, 0.05) is 28.5 Å². The third kappa shape index (κ3) is 8.55. The summed E-state index contributed by atoms with van der Waals surface area (Å²) in [5.74, 6) is 0.969. The van der Waals surface area contributed by atoms with E-state index in [1.807, 2.05) is 6.20 Å². The molecule has 1 N–H and O–H groups in total. The molecule has 4 nitrogen and oxygen atoms in total. The number of phenols is 1. The van der Waals surface area contributed by atoms with Crippen LogP contribution in [0.1, 0.15) is 117 Å². The van der Waals surface area contributed by atoms with E-state index < -0.39 is 0 Å². The molecule has 0 aliphatic rings. The Hall–Kier alpha value is -6.26. The number of fused-ring (bicyclic) bond motifs is 1. The van der Waals surface area contributed by atoms with Gasteiger partial charge in [-0.2, -0.15) is 0 Å². The molecule has 0 saturated carbocycles. The van der Waals surface area contributed by atoms with Gasteiger partial charge < -0.3 is 5.11 Å². The van der Waals surface area contributed by atoms with Crippen molar-refractivity contribution in [1.82, 2.24) is 14.5 Å². The number of pyridine rings is 1. The molecule has 0 aliphatic heterocycles. The standard InChI is InChI=1S/C60H65N3O/c1-14-60(12,13)44-27-28-52(48(35-44)40-19-16-15-17-20-40)63-53-22-18-21-47(54(53)62-56(63)49-36-46(58(6,7)8)37-50(55(49)64)59(9,10)11)42-31-43(33-45(32-42)57(3,4)5)51-34-41(29-30-61-51)39-25-23-38(2)24-26-39/h15-37,64H,14H2,1-13H3. The summed E-state index contributed by atoms with van der Waals surface area (Å²) in [5.41, 5.74) is 17.3. The van der Waals surface area contributed by atoms with E-state index in [9.17, 15) is 5.11 Å². The number of aromatic hydroxyl groups is 1. The van der Waals surface area contributed by atoms with Gasteiger partial charge in [-0.15, -0.1) is 0 Å². The van der Waals surface area contributed by atoms with Gasteiger partial charge in [0.2, 0.25) is 0 Å². The van der Waals surface area contributed by atoms with E-state index in [2.05, 4.69) is 228 Å². The van der Waals surface area contributed by atoms with E-state index in [0.717, 1.165) is 78.9 Å². The van der Waals surface area contributed by atoms with Crippen LogP contribution < -0.4 is 0 Å². The maximum atomic E-state index is 12.6. The highest BCUT2D eigenvalue weighted by Gasteiger charge is 2.30. The van der Waals surface area contributed by atoms with Crippen LogP contribution in [0.5, 0.6) is 5.75 Å². The smallest absolute Gasteiger partial charge is 0.149 e. The maximum Gasteiger partial charge on any atom is 0.149 e. The predicted molar refractivity (Wildman–Crippen MR) is 272 cm³/mol. The zero-order valence-corrected chi connectivity index (χ0v) is 40.3. The number of nitrogens with zero attached hydrogens (tertiary/aromatic N) is 3. The number of aromatic nitrogens is 3. The topological polar surface area (TPSA) is 50.9 Å². The second-order valence-electron chi connectivity index (χ2n) is 21.5. The van der Waals surface area contributed by atoms with Gasteiger partial charge in [0.25, 0.3) is 0 Å². The molecule has 4 heteroatoms. The fourth-order valence-corrected chi connectivity index (χ4v) is 8.65. The molecule has 8 rings (SSSR count). The average molecular weight is 844 g/mol. The van der Waals surface area contributed by atoms with E-state index in [1.54, 1.807) is 0 Å². The summed E-state index contributed by atoms with van der Waals surface area (Å²) in [5, 5.41) is 12.6. The van der Waals surface area contributed by atoms with Crippen molar-refractivity contribution >= 4 is 11.0 Å². The summed E-state index contributed by atoms with van der Waals surface area (Å²) in [4.78, 5) is 10.7. The Morgan fingerprint density at radius 3 is 1.83 bits per heavy atom. The molecule has 2 aromatic heterocycles. The highest BCUT2D eigenvalue weighted by Crippen LogP contribution is 2.46. The summed E-state index contributed by atoms with van der Waals surface area (Å²) >= 11 is 0. The lowest BCUT2D eigenvalue weighted by Crippen LogP contribution is -2.17. The molecule has 0 saturated heterocycles. The van der Waals surface area contributed by atoms with Crippen LogP contribution in [0, 0.1) is 6.92 Å². The molecule has 0 aliphatic carbocycles. The van der Waals surface area contributed by atoms with Gasteiger partial charge in [0.05, 0.1) is 28.0 Å². The van der Waals surface area contributed by atoms with Crippen LogP contribution in [0.25, 0.3) is 72.7 Å². The number of benzene rings is 6. The first-order valence-corrected chi connectivity index (χ1v) is 22.9. The molecule has 0 unspecified atom stereocenters. The Morgan fingerprint density at radius 1 is 0.516 bits per heavy atom. The third-order valence-corrected chi connectivity index (χ3v) is 13.2. The Balaban J connectivity index is 1.46. The minimum absolute atomic E-state index is 0.0275. The molecule has 0 fully saturated rings. The molecular formula is C60H65N3O. The molecule has 8 aromatic rings. The maximum absolute atomic E-state index is 12.6. The molecule has 6 aromatic carbocycles. The second-order valence-corrected chi connectivity index (χ2v) is 21.5. The zero-order chi connectivity index (χ0) is 45.9. The fraction of sp³-hybridized carbons (Fsp3) is 0.300. The van der Waals surface area contributed by atoms with E-state index >= 15 is 0 Å². The SMILES string of the molecule is CCC(C)(C)c1ccc(-n2c(-c3cc(C(C)(C)C)cc(C(C)(C)C)c3O)nc3c(-c4cc(-c5cc(-c6ccc(C)cc6)ccn5)cc(C(C)(C)C)c4)cccc32)c(-c2ccccc2)c1. The molecule has 0 bridgehead atoms. The van der Waals surface area contributed by atoms with Crippen molar-refractivity contribution in [1.29, 1.82) is 0 Å². The number of hydrogen-bond donors (Lipinski definition) is 1. The van der Waals surface area contributed by atoms with Crippen LogP contribution in [-0.4, -0.2) is 19.6 Å². The molecule has 2 heterocycles. The first-order valence-electron chi connectivity index (χ1n) is 22.9. The largest absolute Gasteiger partial charge is 0.507 e. The highest BCUT2D eigenvalue weighted by atomic mass is 16.3. The zero-order valence-electron chi connectivity index (χ0n) is 40.3. The molecular weight excluding hydrogens is 779 g/mol. The van der Waals surface area contributed by atoms with Crippen molar-refractivity contribution in [2.45, 2.75) is 118 Å². The number of hydrogen-bond acceptors (Lipinski definition) is 3. The molecule has 64 heavy (non-hydrogen) atoms. The summed E-state index contributed by atoms with van der Waals surface area (Å²) in [7, 11) is 0. The Morgan fingerprint density at radius 2 is 1.17 bits per heavy atom. The van der Waals surface area contributed by atoms with Crippen molar-refractivity contribution in [2.24, 2.45) is 0 Å². The summed E-state index contributed by atoms with van der Waals surface area (Å²) < 4.78 is 2.30. The van der Waals surface area contributed by atoms with Crippen LogP contribution in [0.15, 0.2) is 140 Å². The monoisotopic (exact) mass is 844 g/mol. The summed E-state index contributed by atoms with van der Waals surface area (Å²) in [6.45, 7) is 29.1. The number of imidazole rings is 1. The number of para-hydroxylation sites is 1. The van der Waals surface area contributed by atoms with Gasteiger partial charge in [-0.3, -0.25) is 9.55 Å². The lowest BCUT2D eigenvalue weighted by molar-refractivity contribution is 0.446. The van der Waals surface area contributed by atoms with Crippen molar-refractivity contribution in [3.05, 3.63) is 167 Å². The molecule has 0 atom stereocenters. The van der Waals surface area contributed by atoms with E-state index in [4.69, 9.17) is 9.97 Å². The number of rotatable bonds is 8. The summed E-state index contributed by atoms with van der Waals surface area (Å²) in [6, 6.07) is 48.4. The van der Waals surface area contributed by atoms with Crippen LogP contribution in [0.3, 0.4) is 0 Å². The van der Waals surface area contributed by atoms with Crippen molar-refractivity contribution < 1.29 is 5.11 Å². The van der Waals surface area contributed by atoms with Crippen molar-refractivity contribution in [3.8, 4) is 67.5 Å². The second kappa shape index (κ2) is 16.4. The first-order chi connectivity index (χ1) is 30.1. The normalized spacial score (nSPS) is 12.6. The molecule has 0 spiro atoms. The highest BCUT2D eigenvalue weighted by molar-refractivity contribution is 5.98. The van der Waals surface area contributed by atoms with Gasteiger partial charge in [0.1, 0.15) is 11.6 Å². The van der Waals surface area contributed by atoms with E-state index in [1.165, 1.54) is 22.3 Å². The number of phenolic OH excluding ortho intramolecular Hbond substituents is 1. The van der Waals surface area contributed by atoms with Gasteiger partial charge in [0.15, 0.2) is 0 Å². The van der Waals surface area contributed by atoms with Crippen LogP contribution in [0.4, 0.5) is 0 Å². The third-order valence-electron chi connectivity index (χ3n) is 13.2. The van der Waals surface area contributed by atoms with Gasteiger partial charge >= 0.3 is 0 Å².